The number of methoxy groups -OCH3 is 2. The number of rotatable bonds is 4. The molecule has 0 amide bonds. The van der Waals surface area contributed by atoms with E-state index in [0.717, 1.165) is 11.1 Å². The van der Waals surface area contributed by atoms with Crippen LogP contribution in [0.3, 0.4) is 0 Å². The monoisotopic (exact) mass is 285 g/mol. The molecule has 4 nitrogen and oxygen atoms in total. The van der Waals surface area contributed by atoms with Crippen LogP contribution >= 0.6 is 0 Å². The standard InChI is InChI=1S/C17H19NO3/c1-10-6-5-7-13(18)16(10)17(19)12-9-15(21-4)14(20-3)8-11(12)2/h5-9H,18H2,1-4H3. The molecular weight excluding hydrogens is 266 g/mol. The number of hydrogen-bond donors (Lipinski definition) is 1. The van der Waals surface area contributed by atoms with Gasteiger partial charge in [-0.1, -0.05) is 12.1 Å². The second-order valence-electron chi connectivity index (χ2n) is 4.89. The third kappa shape index (κ3) is 2.70. The molecule has 110 valence electrons. The Morgan fingerprint density at radius 3 is 2.19 bits per heavy atom. The molecule has 0 aliphatic carbocycles. The molecule has 2 N–H and O–H groups in total. The highest BCUT2D eigenvalue weighted by Crippen LogP contribution is 2.32. The summed E-state index contributed by atoms with van der Waals surface area (Å²) in [6, 6.07) is 8.93. The van der Waals surface area contributed by atoms with Gasteiger partial charge in [0.25, 0.3) is 0 Å². The third-order valence-corrected chi connectivity index (χ3v) is 3.51. The quantitative estimate of drug-likeness (QED) is 0.692. The second kappa shape index (κ2) is 5.87. The minimum Gasteiger partial charge on any atom is -0.493 e. The Bertz CT molecular complexity index is 672. The molecule has 2 rings (SSSR count). The van der Waals surface area contributed by atoms with Gasteiger partial charge in [0, 0.05) is 16.8 Å². The first kappa shape index (κ1) is 14.9. The van der Waals surface area contributed by atoms with Gasteiger partial charge < -0.3 is 15.2 Å². The molecule has 0 saturated carbocycles. The summed E-state index contributed by atoms with van der Waals surface area (Å²) in [5, 5.41) is 0. The Hall–Kier alpha value is -2.49. The highest BCUT2D eigenvalue weighted by Gasteiger charge is 2.19. The van der Waals surface area contributed by atoms with Crippen molar-refractivity contribution < 1.29 is 14.3 Å². The number of hydrogen-bond acceptors (Lipinski definition) is 4. The topological polar surface area (TPSA) is 61.5 Å². The molecule has 0 aliphatic rings. The van der Waals surface area contributed by atoms with Crippen LogP contribution in [0, 0.1) is 13.8 Å². The van der Waals surface area contributed by atoms with Gasteiger partial charge in [-0.15, -0.1) is 0 Å². The summed E-state index contributed by atoms with van der Waals surface area (Å²) in [4.78, 5) is 12.8. The Morgan fingerprint density at radius 1 is 1.00 bits per heavy atom. The molecule has 2 aromatic carbocycles. The van der Waals surface area contributed by atoms with Gasteiger partial charge in [0.2, 0.25) is 0 Å². The zero-order valence-electron chi connectivity index (χ0n) is 12.7. The summed E-state index contributed by atoms with van der Waals surface area (Å²) in [7, 11) is 3.11. The minimum absolute atomic E-state index is 0.107. The Balaban J connectivity index is 2.59. The van der Waals surface area contributed by atoms with Crippen LogP contribution in [0.15, 0.2) is 30.3 Å². The smallest absolute Gasteiger partial charge is 0.195 e. The van der Waals surface area contributed by atoms with E-state index in [4.69, 9.17) is 15.2 Å². The number of nitrogen functional groups attached to an aromatic ring is 1. The predicted octanol–water partition coefficient (Wildman–Crippen LogP) is 3.13. The molecule has 0 fully saturated rings. The van der Waals surface area contributed by atoms with Crippen LogP contribution in [0.1, 0.15) is 27.0 Å². The summed E-state index contributed by atoms with van der Waals surface area (Å²) < 4.78 is 10.5. The fraction of sp³-hybridized carbons (Fsp3) is 0.235. The summed E-state index contributed by atoms with van der Waals surface area (Å²) in [5.41, 5.74) is 9.21. The first-order valence-corrected chi connectivity index (χ1v) is 6.62. The number of anilines is 1. The van der Waals surface area contributed by atoms with Gasteiger partial charge >= 0.3 is 0 Å². The van der Waals surface area contributed by atoms with Crippen molar-refractivity contribution in [3.63, 3.8) is 0 Å². The van der Waals surface area contributed by atoms with Crippen LogP contribution < -0.4 is 15.2 Å². The van der Waals surface area contributed by atoms with E-state index in [0.29, 0.717) is 28.3 Å². The van der Waals surface area contributed by atoms with Crippen molar-refractivity contribution in [3.05, 3.63) is 52.6 Å². The van der Waals surface area contributed by atoms with E-state index in [-0.39, 0.29) is 5.78 Å². The lowest BCUT2D eigenvalue weighted by atomic mass is 9.94. The van der Waals surface area contributed by atoms with Crippen molar-refractivity contribution in [2.24, 2.45) is 0 Å². The molecule has 0 saturated heterocycles. The van der Waals surface area contributed by atoms with Crippen molar-refractivity contribution in [1.29, 1.82) is 0 Å². The molecular formula is C17H19NO3. The lowest BCUT2D eigenvalue weighted by Gasteiger charge is -2.14. The molecule has 4 heteroatoms. The average molecular weight is 285 g/mol. The van der Waals surface area contributed by atoms with E-state index in [1.54, 1.807) is 32.4 Å². The highest BCUT2D eigenvalue weighted by molar-refractivity contribution is 6.14. The zero-order chi connectivity index (χ0) is 15.6. The van der Waals surface area contributed by atoms with Crippen LogP contribution in [0.5, 0.6) is 11.5 Å². The van der Waals surface area contributed by atoms with Crippen LogP contribution in [0.4, 0.5) is 5.69 Å². The summed E-state index contributed by atoms with van der Waals surface area (Å²) in [6.45, 7) is 3.74. The zero-order valence-corrected chi connectivity index (χ0v) is 12.7. The molecule has 21 heavy (non-hydrogen) atoms. The number of carbonyl (C=O) groups excluding carboxylic acids is 1. The summed E-state index contributed by atoms with van der Waals surface area (Å²) in [6.07, 6.45) is 0. The Kier molecular flexibility index (Phi) is 4.17. The number of ketones is 1. The molecule has 2 aromatic rings. The van der Waals surface area contributed by atoms with Crippen molar-refractivity contribution >= 4 is 11.5 Å². The Morgan fingerprint density at radius 2 is 1.62 bits per heavy atom. The molecule has 0 bridgehead atoms. The van der Waals surface area contributed by atoms with Gasteiger partial charge in [-0.05, 0) is 43.2 Å². The maximum atomic E-state index is 12.8. The van der Waals surface area contributed by atoms with E-state index < -0.39 is 0 Å². The van der Waals surface area contributed by atoms with Crippen LogP contribution in [-0.2, 0) is 0 Å². The highest BCUT2D eigenvalue weighted by atomic mass is 16.5. The summed E-state index contributed by atoms with van der Waals surface area (Å²) >= 11 is 0. The lowest BCUT2D eigenvalue weighted by molar-refractivity contribution is 0.103. The molecule has 0 atom stereocenters. The molecule has 0 aliphatic heterocycles. The number of nitrogens with two attached hydrogens (primary N) is 1. The maximum absolute atomic E-state index is 12.8. The van der Waals surface area contributed by atoms with Gasteiger partial charge in [0.05, 0.1) is 14.2 Å². The average Bonchev–Trinajstić information content (AvgIpc) is 2.46. The molecule has 0 aromatic heterocycles. The fourth-order valence-corrected chi connectivity index (χ4v) is 2.36. The number of aryl methyl sites for hydroxylation is 2. The van der Waals surface area contributed by atoms with Crippen molar-refractivity contribution in [2.45, 2.75) is 13.8 Å². The van der Waals surface area contributed by atoms with Gasteiger partial charge in [0.1, 0.15) is 0 Å². The largest absolute Gasteiger partial charge is 0.493 e. The van der Waals surface area contributed by atoms with E-state index in [1.807, 2.05) is 26.0 Å². The first-order chi connectivity index (χ1) is 9.99. The van der Waals surface area contributed by atoms with Gasteiger partial charge in [-0.25, -0.2) is 0 Å². The summed E-state index contributed by atoms with van der Waals surface area (Å²) in [5.74, 6) is 1.02. The second-order valence-corrected chi connectivity index (χ2v) is 4.89. The van der Waals surface area contributed by atoms with E-state index >= 15 is 0 Å². The molecule has 0 spiro atoms. The van der Waals surface area contributed by atoms with E-state index in [1.165, 1.54) is 0 Å². The number of carbonyl (C=O) groups is 1. The van der Waals surface area contributed by atoms with Gasteiger partial charge in [-0.3, -0.25) is 4.79 Å². The van der Waals surface area contributed by atoms with Gasteiger partial charge in [-0.2, -0.15) is 0 Å². The fourth-order valence-electron chi connectivity index (χ4n) is 2.36. The van der Waals surface area contributed by atoms with Crippen LogP contribution in [0.25, 0.3) is 0 Å². The van der Waals surface area contributed by atoms with E-state index in [2.05, 4.69) is 0 Å². The normalized spacial score (nSPS) is 10.3. The van der Waals surface area contributed by atoms with Crippen molar-refractivity contribution in [1.82, 2.24) is 0 Å². The van der Waals surface area contributed by atoms with Crippen LogP contribution in [-0.4, -0.2) is 20.0 Å². The first-order valence-electron chi connectivity index (χ1n) is 6.62. The minimum atomic E-state index is -0.107. The number of ether oxygens (including phenoxy) is 2. The SMILES string of the molecule is COc1cc(C)c(C(=O)c2c(C)cccc2N)cc1OC. The van der Waals surface area contributed by atoms with Crippen molar-refractivity contribution in [2.75, 3.05) is 20.0 Å². The Labute approximate surface area is 124 Å². The molecule has 0 unspecified atom stereocenters. The van der Waals surface area contributed by atoms with Crippen LogP contribution in [0.2, 0.25) is 0 Å². The van der Waals surface area contributed by atoms with E-state index in [9.17, 15) is 4.79 Å². The lowest BCUT2D eigenvalue weighted by Crippen LogP contribution is -2.10. The number of benzene rings is 2. The molecule has 0 radical (unpaired) electrons. The maximum Gasteiger partial charge on any atom is 0.195 e. The third-order valence-electron chi connectivity index (χ3n) is 3.51. The predicted molar refractivity (Wildman–Crippen MR) is 83.3 cm³/mol. The van der Waals surface area contributed by atoms with Crippen molar-refractivity contribution in [3.8, 4) is 11.5 Å². The van der Waals surface area contributed by atoms with Gasteiger partial charge in [0.15, 0.2) is 17.3 Å². The molecule has 0 heterocycles.